The molecule has 3 rings (SSSR count). The fourth-order valence-electron chi connectivity index (χ4n) is 2.11. The monoisotopic (exact) mass is 311 g/mol. The second-order valence-electron chi connectivity index (χ2n) is 4.81. The number of pyridine rings is 1. The normalized spacial score (nSPS) is 10.5. The molecule has 2 N–H and O–H groups in total. The average molecular weight is 311 g/mol. The van der Waals surface area contributed by atoms with Gasteiger partial charge in [-0.05, 0) is 31.2 Å². The molecule has 2 aromatic heterocycles. The van der Waals surface area contributed by atoms with Crippen molar-refractivity contribution in [1.29, 1.82) is 0 Å². The minimum atomic E-state index is -0.310. The molecule has 0 unspecified atom stereocenters. The van der Waals surface area contributed by atoms with Gasteiger partial charge in [-0.15, -0.1) is 5.10 Å². The predicted molar refractivity (Wildman–Crippen MR) is 87.7 cm³/mol. The van der Waals surface area contributed by atoms with Crippen molar-refractivity contribution >= 4 is 23.2 Å². The molecule has 1 aromatic carbocycles. The number of ether oxygens (including phenoxy) is 1. The van der Waals surface area contributed by atoms with E-state index in [1.54, 1.807) is 22.8 Å². The Morgan fingerprint density at radius 1 is 1.22 bits per heavy atom. The maximum atomic E-state index is 11.9. The minimum Gasteiger partial charge on any atom is -0.484 e. The van der Waals surface area contributed by atoms with Crippen molar-refractivity contribution in [3.63, 3.8) is 0 Å². The first kappa shape index (κ1) is 14.8. The molecule has 3 aromatic rings. The van der Waals surface area contributed by atoms with Crippen LogP contribution in [-0.4, -0.2) is 33.7 Å². The van der Waals surface area contributed by atoms with Crippen LogP contribution in [0.2, 0.25) is 0 Å². The van der Waals surface area contributed by atoms with Crippen LogP contribution in [0, 0.1) is 0 Å². The summed E-state index contributed by atoms with van der Waals surface area (Å²) in [7, 11) is 0. The molecule has 0 saturated carbocycles. The Hall–Kier alpha value is -3.09. The summed E-state index contributed by atoms with van der Waals surface area (Å²) in [5, 5.41) is 10.1. The summed E-state index contributed by atoms with van der Waals surface area (Å²) < 4.78 is 7.01. The third-order valence-electron chi connectivity index (χ3n) is 3.09. The number of nitrogens with one attached hydrogen (secondary N) is 2. The number of para-hydroxylation sites is 1. The lowest BCUT2D eigenvalue weighted by atomic mass is 10.3. The lowest BCUT2D eigenvalue weighted by Crippen LogP contribution is -2.20. The third kappa shape index (κ3) is 3.57. The van der Waals surface area contributed by atoms with E-state index in [-0.39, 0.29) is 18.5 Å². The quantitative estimate of drug-likeness (QED) is 0.729. The average Bonchev–Trinajstić information content (AvgIpc) is 2.97. The SMILES string of the molecule is CCNc1cccn2nc(NC(=O)COc3ccccc3)nc12. The molecule has 0 spiro atoms. The van der Waals surface area contributed by atoms with Crippen LogP contribution in [0.1, 0.15) is 6.92 Å². The van der Waals surface area contributed by atoms with Crippen LogP contribution >= 0.6 is 0 Å². The first-order chi connectivity index (χ1) is 11.3. The highest BCUT2D eigenvalue weighted by atomic mass is 16.5. The highest BCUT2D eigenvalue weighted by Gasteiger charge is 2.10. The summed E-state index contributed by atoms with van der Waals surface area (Å²) in [5.41, 5.74) is 1.53. The van der Waals surface area contributed by atoms with Crippen LogP contribution in [0.5, 0.6) is 5.75 Å². The number of hydrogen-bond acceptors (Lipinski definition) is 5. The van der Waals surface area contributed by atoms with Crippen LogP contribution < -0.4 is 15.4 Å². The molecule has 2 heterocycles. The summed E-state index contributed by atoms with van der Waals surface area (Å²) in [6, 6.07) is 12.9. The lowest BCUT2D eigenvalue weighted by Gasteiger charge is -2.04. The number of carbonyl (C=O) groups is 1. The van der Waals surface area contributed by atoms with Crippen LogP contribution in [0.3, 0.4) is 0 Å². The Balaban J connectivity index is 1.66. The maximum absolute atomic E-state index is 11.9. The minimum absolute atomic E-state index is 0.0976. The van der Waals surface area contributed by atoms with Gasteiger partial charge in [0.1, 0.15) is 5.75 Å². The zero-order chi connectivity index (χ0) is 16.1. The Morgan fingerprint density at radius 3 is 2.83 bits per heavy atom. The maximum Gasteiger partial charge on any atom is 0.264 e. The smallest absolute Gasteiger partial charge is 0.264 e. The molecule has 118 valence electrons. The molecule has 0 aliphatic carbocycles. The van der Waals surface area contributed by atoms with Crippen molar-refractivity contribution in [2.24, 2.45) is 0 Å². The summed E-state index contributed by atoms with van der Waals surface area (Å²) in [6.07, 6.45) is 1.78. The van der Waals surface area contributed by atoms with Crippen molar-refractivity contribution in [3.8, 4) is 5.75 Å². The van der Waals surface area contributed by atoms with E-state index in [2.05, 4.69) is 20.7 Å². The lowest BCUT2D eigenvalue weighted by molar-refractivity contribution is -0.118. The first-order valence-electron chi connectivity index (χ1n) is 7.33. The molecule has 0 radical (unpaired) electrons. The van der Waals surface area contributed by atoms with Gasteiger partial charge >= 0.3 is 0 Å². The van der Waals surface area contributed by atoms with Gasteiger partial charge in [0, 0.05) is 12.7 Å². The van der Waals surface area contributed by atoms with Gasteiger partial charge in [0.05, 0.1) is 5.69 Å². The molecule has 7 heteroatoms. The number of benzene rings is 1. The van der Waals surface area contributed by atoms with Crippen molar-refractivity contribution in [3.05, 3.63) is 48.7 Å². The Bertz CT molecular complexity index is 801. The predicted octanol–water partition coefficient (Wildman–Crippen LogP) is 2.18. The number of anilines is 2. The number of rotatable bonds is 6. The molecule has 1 amide bonds. The van der Waals surface area contributed by atoms with Gasteiger partial charge in [0.25, 0.3) is 5.91 Å². The topological polar surface area (TPSA) is 80.5 Å². The zero-order valence-electron chi connectivity index (χ0n) is 12.7. The van der Waals surface area contributed by atoms with E-state index < -0.39 is 0 Å². The van der Waals surface area contributed by atoms with Crippen molar-refractivity contribution in [2.45, 2.75) is 6.92 Å². The zero-order valence-corrected chi connectivity index (χ0v) is 12.7. The molecular formula is C16H17N5O2. The van der Waals surface area contributed by atoms with Crippen LogP contribution in [0.4, 0.5) is 11.6 Å². The number of hydrogen-bond donors (Lipinski definition) is 2. The molecule has 0 saturated heterocycles. The Labute approximate surface area is 133 Å². The van der Waals surface area contributed by atoms with Gasteiger partial charge in [-0.1, -0.05) is 18.2 Å². The Morgan fingerprint density at radius 2 is 2.04 bits per heavy atom. The van der Waals surface area contributed by atoms with E-state index in [0.29, 0.717) is 11.4 Å². The number of carbonyl (C=O) groups excluding carboxylic acids is 1. The van der Waals surface area contributed by atoms with Crippen molar-refractivity contribution in [1.82, 2.24) is 14.6 Å². The van der Waals surface area contributed by atoms with Crippen molar-refractivity contribution in [2.75, 3.05) is 23.8 Å². The Kier molecular flexibility index (Phi) is 4.37. The van der Waals surface area contributed by atoms with E-state index >= 15 is 0 Å². The summed E-state index contributed by atoms with van der Waals surface area (Å²) in [4.78, 5) is 16.3. The molecule has 0 aliphatic heterocycles. The second-order valence-corrected chi connectivity index (χ2v) is 4.81. The molecule has 23 heavy (non-hydrogen) atoms. The van der Waals surface area contributed by atoms with E-state index in [1.165, 1.54) is 0 Å². The standard InChI is InChI=1S/C16H17N5O2/c1-2-17-13-9-6-10-21-15(13)19-16(20-21)18-14(22)11-23-12-7-4-3-5-8-12/h3-10,17H,2,11H2,1H3,(H,18,20,22). The first-order valence-corrected chi connectivity index (χ1v) is 7.33. The highest BCUT2D eigenvalue weighted by Crippen LogP contribution is 2.16. The van der Waals surface area contributed by atoms with E-state index in [9.17, 15) is 4.79 Å². The molecule has 0 bridgehead atoms. The van der Waals surface area contributed by atoms with Gasteiger partial charge in [0.15, 0.2) is 12.3 Å². The molecule has 0 aliphatic rings. The highest BCUT2D eigenvalue weighted by molar-refractivity contribution is 5.90. The molecule has 0 atom stereocenters. The number of aromatic nitrogens is 3. The van der Waals surface area contributed by atoms with Gasteiger partial charge in [0.2, 0.25) is 5.95 Å². The summed E-state index contributed by atoms with van der Waals surface area (Å²) in [6.45, 7) is 2.68. The molecule has 0 fully saturated rings. The van der Waals surface area contributed by atoms with Crippen molar-refractivity contribution < 1.29 is 9.53 Å². The van der Waals surface area contributed by atoms with Gasteiger partial charge in [-0.3, -0.25) is 10.1 Å². The summed E-state index contributed by atoms with van der Waals surface area (Å²) >= 11 is 0. The fourth-order valence-corrected chi connectivity index (χ4v) is 2.11. The van der Waals surface area contributed by atoms with Crippen LogP contribution in [-0.2, 0) is 4.79 Å². The van der Waals surface area contributed by atoms with Crippen LogP contribution in [0.15, 0.2) is 48.7 Å². The van der Waals surface area contributed by atoms with Gasteiger partial charge in [-0.25, -0.2) is 4.52 Å². The van der Waals surface area contributed by atoms with Gasteiger partial charge < -0.3 is 10.1 Å². The number of amides is 1. The number of nitrogens with zero attached hydrogens (tertiary/aromatic N) is 3. The second kappa shape index (κ2) is 6.78. The van der Waals surface area contributed by atoms with E-state index in [1.807, 2.05) is 37.3 Å². The van der Waals surface area contributed by atoms with Gasteiger partial charge in [-0.2, -0.15) is 4.98 Å². The fraction of sp³-hybridized carbons (Fsp3) is 0.188. The van der Waals surface area contributed by atoms with E-state index in [4.69, 9.17) is 4.74 Å². The number of fused-ring (bicyclic) bond motifs is 1. The third-order valence-corrected chi connectivity index (χ3v) is 3.09. The molecular weight excluding hydrogens is 294 g/mol. The largest absolute Gasteiger partial charge is 0.484 e. The van der Waals surface area contributed by atoms with E-state index in [0.717, 1.165) is 12.2 Å². The molecule has 7 nitrogen and oxygen atoms in total. The summed E-state index contributed by atoms with van der Waals surface area (Å²) in [5.74, 6) is 0.576. The van der Waals surface area contributed by atoms with Crippen LogP contribution in [0.25, 0.3) is 5.65 Å².